The Bertz CT molecular complexity index is 454. The number of amides is 1. The molecule has 0 aliphatic rings. The van der Waals surface area contributed by atoms with Crippen LogP contribution < -0.4 is 16.6 Å². The van der Waals surface area contributed by atoms with Crippen LogP contribution in [-0.4, -0.2) is 23.6 Å². The van der Waals surface area contributed by atoms with Crippen molar-refractivity contribution in [2.75, 3.05) is 13.1 Å². The van der Waals surface area contributed by atoms with E-state index in [0.29, 0.717) is 19.5 Å². The summed E-state index contributed by atoms with van der Waals surface area (Å²) in [7, 11) is 0. The van der Waals surface area contributed by atoms with Gasteiger partial charge in [0.1, 0.15) is 6.04 Å². The van der Waals surface area contributed by atoms with Gasteiger partial charge in [-0.15, -0.1) is 0 Å². The van der Waals surface area contributed by atoms with E-state index in [0.717, 1.165) is 12.0 Å². The molecule has 3 N–H and O–H groups in total. The van der Waals surface area contributed by atoms with Crippen LogP contribution in [0.5, 0.6) is 0 Å². The Kier molecular flexibility index (Phi) is 5.58. The minimum atomic E-state index is -0.450. The summed E-state index contributed by atoms with van der Waals surface area (Å²) >= 11 is 0. The topological polar surface area (TPSA) is 77.1 Å². The summed E-state index contributed by atoms with van der Waals surface area (Å²) in [6.07, 6.45) is 3.20. The molecule has 0 fully saturated rings. The molecule has 100 valence electrons. The summed E-state index contributed by atoms with van der Waals surface area (Å²) in [6.45, 7) is 4.72. The second-order valence-electron chi connectivity index (χ2n) is 4.34. The number of nitrogens with two attached hydrogens (primary N) is 1. The zero-order valence-corrected chi connectivity index (χ0v) is 11.0. The number of aryl methyl sites for hydroxylation is 1. The van der Waals surface area contributed by atoms with Gasteiger partial charge in [0.05, 0.1) is 0 Å². The first-order valence-corrected chi connectivity index (χ1v) is 6.26. The smallest absolute Gasteiger partial charge is 0.251 e. The average molecular weight is 251 g/mol. The number of aromatic nitrogens is 1. The van der Waals surface area contributed by atoms with E-state index < -0.39 is 6.04 Å². The van der Waals surface area contributed by atoms with Gasteiger partial charge in [0.2, 0.25) is 5.91 Å². The molecule has 1 amide bonds. The Morgan fingerprint density at radius 3 is 2.83 bits per heavy atom. The van der Waals surface area contributed by atoms with Crippen LogP contribution in [0.15, 0.2) is 23.1 Å². The lowest BCUT2D eigenvalue weighted by atomic mass is 10.1. The molecule has 0 aliphatic heterocycles. The standard InChI is InChI=1S/C13H21N3O2/c1-3-4-11(13(18)15-8-7-14)16-9-10(2)5-6-12(16)17/h5-6,9,11H,3-4,7-8,14H2,1-2H3,(H,15,18). The Balaban J connectivity index is 2.99. The number of nitrogens with zero attached hydrogens (tertiary/aromatic N) is 1. The van der Waals surface area contributed by atoms with Crippen molar-refractivity contribution < 1.29 is 4.79 Å². The largest absolute Gasteiger partial charge is 0.353 e. The summed E-state index contributed by atoms with van der Waals surface area (Å²) in [5, 5.41) is 2.74. The lowest BCUT2D eigenvalue weighted by Crippen LogP contribution is -2.39. The predicted molar refractivity (Wildman–Crippen MR) is 71.4 cm³/mol. The summed E-state index contributed by atoms with van der Waals surface area (Å²) < 4.78 is 1.50. The third kappa shape index (κ3) is 3.70. The van der Waals surface area contributed by atoms with E-state index in [1.165, 1.54) is 10.6 Å². The molecule has 5 heteroatoms. The first-order chi connectivity index (χ1) is 8.60. The summed E-state index contributed by atoms with van der Waals surface area (Å²) in [6, 6.07) is 2.79. The summed E-state index contributed by atoms with van der Waals surface area (Å²) in [5.41, 5.74) is 6.17. The molecule has 1 unspecified atom stereocenters. The van der Waals surface area contributed by atoms with Crippen molar-refractivity contribution in [1.29, 1.82) is 0 Å². The number of nitrogens with one attached hydrogen (secondary N) is 1. The molecule has 0 saturated heterocycles. The van der Waals surface area contributed by atoms with Crippen LogP contribution in [-0.2, 0) is 4.79 Å². The highest BCUT2D eigenvalue weighted by atomic mass is 16.2. The second-order valence-corrected chi connectivity index (χ2v) is 4.34. The van der Waals surface area contributed by atoms with E-state index in [2.05, 4.69) is 5.32 Å². The number of carbonyl (C=O) groups excluding carboxylic acids is 1. The third-order valence-electron chi connectivity index (χ3n) is 2.73. The molecule has 0 spiro atoms. The quantitative estimate of drug-likeness (QED) is 0.776. The highest BCUT2D eigenvalue weighted by Crippen LogP contribution is 2.12. The van der Waals surface area contributed by atoms with Crippen molar-refractivity contribution in [2.24, 2.45) is 5.73 Å². The van der Waals surface area contributed by atoms with E-state index in [1.54, 1.807) is 12.3 Å². The molecule has 1 atom stereocenters. The number of hydrogen-bond donors (Lipinski definition) is 2. The maximum atomic E-state index is 12.0. The summed E-state index contributed by atoms with van der Waals surface area (Å²) in [5.74, 6) is -0.144. The van der Waals surface area contributed by atoms with Crippen LogP contribution in [0.1, 0.15) is 31.4 Å². The van der Waals surface area contributed by atoms with Gasteiger partial charge in [0, 0.05) is 25.4 Å². The van der Waals surface area contributed by atoms with Gasteiger partial charge < -0.3 is 15.6 Å². The van der Waals surface area contributed by atoms with Gasteiger partial charge in [-0.3, -0.25) is 9.59 Å². The van der Waals surface area contributed by atoms with Crippen LogP contribution >= 0.6 is 0 Å². The monoisotopic (exact) mass is 251 g/mol. The van der Waals surface area contributed by atoms with E-state index >= 15 is 0 Å². The van der Waals surface area contributed by atoms with Crippen molar-refractivity contribution >= 4 is 5.91 Å². The average Bonchev–Trinajstić information content (AvgIpc) is 2.36. The second kappa shape index (κ2) is 6.96. The van der Waals surface area contributed by atoms with Crippen LogP contribution in [0, 0.1) is 6.92 Å². The minimum Gasteiger partial charge on any atom is -0.353 e. The van der Waals surface area contributed by atoms with Crippen LogP contribution in [0.25, 0.3) is 0 Å². The molecule has 1 aromatic heterocycles. The number of hydrogen-bond acceptors (Lipinski definition) is 3. The first kappa shape index (κ1) is 14.4. The molecule has 5 nitrogen and oxygen atoms in total. The molecule has 0 bridgehead atoms. The first-order valence-electron chi connectivity index (χ1n) is 6.26. The Hall–Kier alpha value is -1.62. The molecular weight excluding hydrogens is 230 g/mol. The normalized spacial score (nSPS) is 12.2. The van der Waals surface area contributed by atoms with Gasteiger partial charge in [-0.25, -0.2) is 0 Å². The SMILES string of the molecule is CCCC(C(=O)NCCN)n1cc(C)ccc1=O. The van der Waals surface area contributed by atoms with Gasteiger partial charge in [-0.2, -0.15) is 0 Å². The number of pyridine rings is 1. The maximum Gasteiger partial charge on any atom is 0.251 e. The van der Waals surface area contributed by atoms with Crippen molar-refractivity contribution in [3.8, 4) is 0 Å². The molecule has 18 heavy (non-hydrogen) atoms. The van der Waals surface area contributed by atoms with Crippen LogP contribution in [0.2, 0.25) is 0 Å². The fourth-order valence-corrected chi connectivity index (χ4v) is 1.84. The van der Waals surface area contributed by atoms with Crippen molar-refractivity contribution in [1.82, 2.24) is 9.88 Å². The molecule has 0 aromatic carbocycles. The van der Waals surface area contributed by atoms with E-state index in [9.17, 15) is 9.59 Å². The molecule has 0 saturated carbocycles. The van der Waals surface area contributed by atoms with Crippen molar-refractivity contribution in [3.63, 3.8) is 0 Å². The number of carbonyl (C=O) groups is 1. The van der Waals surface area contributed by atoms with E-state index in [-0.39, 0.29) is 11.5 Å². The summed E-state index contributed by atoms with van der Waals surface area (Å²) in [4.78, 5) is 23.9. The minimum absolute atomic E-state index is 0.144. The van der Waals surface area contributed by atoms with Gasteiger partial charge in [-0.05, 0) is 18.9 Å². The van der Waals surface area contributed by atoms with Crippen molar-refractivity contribution in [2.45, 2.75) is 32.7 Å². The van der Waals surface area contributed by atoms with Gasteiger partial charge in [-0.1, -0.05) is 19.4 Å². The fraction of sp³-hybridized carbons (Fsp3) is 0.538. The molecule has 0 aliphatic carbocycles. The van der Waals surface area contributed by atoms with Gasteiger partial charge in [0.25, 0.3) is 5.56 Å². The Morgan fingerprint density at radius 2 is 2.22 bits per heavy atom. The van der Waals surface area contributed by atoms with Crippen LogP contribution in [0.3, 0.4) is 0 Å². The zero-order valence-electron chi connectivity index (χ0n) is 11.0. The zero-order chi connectivity index (χ0) is 13.5. The van der Waals surface area contributed by atoms with Crippen molar-refractivity contribution in [3.05, 3.63) is 34.2 Å². The third-order valence-corrected chi connectivity index (χ3v) is 2.73. The Morgan fingerprint density at radius 1 is 1.50 bits per heavy atom. The predicted octanol–water partition coefficient (Wildman–Crippen LogP) is 0.573. The fourth-order valence-electron chi connectivity index (χ4n) is 1.84. The molecule has 1 rings (SSSR count). The molecule has 0 radical (unpaired) electrons. The molecule has 1 aromatic rings. The van der Waals surface area contributed by atoms with E-state index in [4.69, 9.17) is 5.73 Å². The number of rotatable bonds is 6. The van der Waals surface area contributed by atoms with E-state index in [1.807, 2.05) is 13.8 Å². The molecular formula is C13H21N3O2. The van der Waals surface area contributed by atoms with Crippen LogP contribution in [0.4, 0.5) is 0 Å². The lowest BCUT2D eigenvalue weighted by molar-refractivity contribution is -0.124. The van der Waals surface area contributed by atoms with Gasteiger partial charge in [0.15, 0.2) is 0 Å². The van der Waals surface area contributed by atoms with Gasteiger partial charge >= 0.3 is 0 Å². The maximum absolute atomic E-state index is 12.0. The Labute approximate surface area is 107 Å². The molecule has 1 heterocycles. The highest BCUT2D eigenvalue weighted by molar-refractivity contribution is 5.80. The highest BCUT2D eigenvalue weighted by Gasteiger charge is 2.19. The lowest BCUT2D eigenvalue weighted by Gasteiger charge is -2.19.